The Balaban J connectivity index is 0.000000120. The minimum absolute atomic E-state index is 0.00111. The number of aliphatic hydroxyl groups is 5. The van der Waals surface area contributed by atoms with Crippen molar-refractivity contribution in [1.82, 2.24) is 0 Å². The highest BCUT2D eigenvalue weighted by atomic mass is 16.7. The van der Waals surface area contributed by atoms with Crippen LogP contribution in [0.4, 0.5) is 0 Å². The van der Waals surface area contributed by atoms with E-state index in [4.69, 9.17) is 76.1 Å². The number of ether oxygens (including phenoxy) is 11. The molecular weight excluding hydrogens is 1380 g/mol. The van der Waals surface area contributed by atoms with Gasteiger partial charge in [-0.05, 0) is 195 Å². The summed E-state index contributed by atoms with van der Waals surface area (Å²) in [5.74, 6) is 12.6. The fourth-order valence-electron chi connectivity index (χ4n) is 21.1. The summed E-state index contributed by atoms with van der Waals surface area (Å²) in [6.07, 6.45) is 30.8. The molecule has 20 aliphatic rings. The molecule has 20 rings (SSSR count). The normalized spacial score (nSPS) is 46.0. The van der Waals surface area contributed by atoms with Gasteiger partial charge in [-0.15, -0.1) is 0 Å². The monoisotopic (exact) mass is 1500 g/mol. The summed E-state index contributed by atoms with van der Waals surface area (Å²) in [7, 11) is -0.238. The van der Waals surface area contributed by atoms with E-state index >= 15 is 0 Å². The molecule has 10 aliphatic carbocycles. The van der Waals surface area contributed by atoms with E-state index in [9.17, 15) is 34.8 Å². The van der Waals surface area contributed by atoms with Crippen LogP contribution in [0, 0.1) is 149 Å². The molecule has 0 radical (unpaired) electrons. The van der Waals surface area contributed by atoms with Crippen molar-refractivity contribution in [2.45, 2.75) is 220 Å². The molecule has 5 N–H and O–H groups in total. The van der Waals surface area contributed by atoms with Crippen LogP contribution in [-0.4, -0.2) is 197 Å². The van der Waals surface area contributed by atoms with Crippen LogP contribution in [0.5, 0.6) is 0 Å². The first-order valence-corrected chi connectivity index (χ1v) is 41.0. The van der Waals surface area contributed by atoms with Crippen molar-refractivity contribution in [1.29, 1.82) is 0 Å². The Bertz CT molecular complexity index is 2840. The lowest BCUT2D eigenvalue weighted by Gasteiger charge is -2.41. The number of esters is 2. The van der Waals surface area contributed by atoms with Gasteiger partial charge >= 0.3 is 25.2 Å². The lowest BCUT2D eigenvalue weighted by Crippen LogP contribution is -2.44. The second kappa shape index (κ2) is 38.4. The highest BCUT2D eigenvalue weighted by Gasteiger charge is 2.57. The van der Waals surface area contributed by atoms with E-state index in [1.54, 1.807) is 6.92 Å². The standard InChI is InChI=1S/C11H16O2.C10H18BO2.C10H14O3.C10H16O2.2C9H14O3.C9H12O3.C9H16O3.C5H8.CO2/c1-3-13-11(12)10-7(2)8-4-5-9(10)6-8;1-6-7-8-11-12-9(2,3)10(4,5)13-11;1-2-13-10(12)8-6-3-4-7(5-6)9(8)11;1-6-2-7-3-8-9(6)5-12-10(8)11-4-7;3*10-8-2-5-1-6-7(8)4-12-9(6)11-3-5;1-5-6(3-10)2-7-8(5)4-12-9(7)11;1-2-4-5-3-1;2-1-3/h4-5,7-10H,3,6H2,1-2H3;7-8H,2,6H2,1,3-5H3;3-4,6-9,11H,2,5H2,1H3;6-10H,2-5H2,1H3;2*5-10H,1-4H2;5-7,9H,1-4H2;5-11H,2-4H2,1H3;1-2H,3-5H2;/q;+1;;;;;;;;/b;8-7+;;;;;;;;/t;;;;;;;5-,6-,7-,8+,9-;;/m.......0../s1. The average molecular weight is 1500 g/mol. The molecule has 24 heteroatoms. The van der Waals surface area contributed by atoms with Crippen LogP contribution in [0.15, 0.2) is 48.5 Å². The van der Waals surface area contributed by atoms with Crippen LogP contribution in [0.25, 0.3) is 0 Å². The number of fused-ring (bicyclic) bond motifs is 9. The van der Waals surface area contributed by atoms with Crippen LogP contribution in [0.3, 0.4) is 0 Å². The average Bonchev–Trinajstić information content (AvgIpc) is 1.82. The van der Waals surface area contributed by atoms with Crippen LogP contribution < -0.4 is 0 Å². The van der Waals surface area contributed by atoms with Crippen LogP contribution >= 0.6 is 0 Å². The molecule has 0 amide bonds. The Hall–Kier alpha value is -3.76. The van der Waals surface area contributed by atoms with Crippen molar-refractivity contribution in [2.24, 2.45) is 142 Å². The molecule has 7 saturated carbocycles. The van der Waals surface area contributed by atoms with Crippen molar-refractivity contribution in [2.75, 3.05) is 79.3 Å². The van der Waals surface area contributed by atoms with Crippen LogP contribution in [0.1, 0.15) is 159 Å². The number of carbonyl (C=O) groups is 3. The molecule has 0 spiro atoms. The summed E-state index contributed by atoms with van der Waals surface area (Å²) >= 11 is 0. The lowest BCUT2D eigenvalue weighted by atomic mass is 9.68. The number of rotatable bonds is 7. The molecule has 600 valence electrons. The van der Waals surface area contributed by atoms with Crippen molar-refractivity contribution in [3.8, 4) is 0 Å². The third-order valence-electron chi connectivity index (χ3n) is 27.7. The summed E-state index contributed by atoms with van der Waals surface area (Å²) < 4.78 is 70.8. The topological polar surface area (TPSA) is 306 Å². The third-order valence-corrected chi connectivity index (χ3v) is 27.7. The zero-order chi connectivity index (χ0) is 76.4. The predicted molar refractivity (Wildman–Crippen MR) is 391 cm³/mol. The number of aliphatic hydroxyl groups excluding tert-OH is 5. The van der Waals surface area contributed by atoms with Crippen molar-refractivity contribution in [3.63, 3.8) is 0 Å². The molecule has 0 aromatic rings. The van der Waals surface area contributed by atoms with Gasteiger partial charge in [0.25, 0.3) is 0 Å². The van der Waals surface area contributed by atoms with Gasteiger partial charge in [0.2, 0.25) is 5.60 Å². The van der Waals surface area contributed by atoms with Gasteiger partial charge in [0.15, 0.2) is 31.5 Å². The lowest BCUT2D eigenvalue weighted by molar-refractivity contribution is -0.192. The Morgan fingerprint density at radius 2 is 1.01 bits per heavy atom. The van der Waals surface area contributed by atoms with Gasteiger partial charge in [0, 0.05) is 73.2 Å². The van der Waals surface area contributed by atoms with Crippen LogP contribution in [-0.2, 0) is 85.4 Å². The maximum Gasteiger partial charge on any atom is 0.489 e. The Morgan fingerprint density at radius 3 is 1.50 bits per heavy atom. The quantitative estimate of drug-likeness (QED) is 0.0685. The maximum absolute atomic E-state index is 11.6. The number of hydrogen-bond acceptors (Lipinski definition) is 23. The molecule has 33 atom stereocenters. The Labute approximate surface area is 635 Å². The van der Waals surface area contributed by atoms with Gasteiger partial charge in [-0.2, -0.15) is 9.59 Å². The zero-order valence-corrected chi connectivity index (χ0v) is 65.1. The maximum atomic E-state index is 11.6. The molecule has 0 aromatic heterocycles. The number of hydrogen-bond donors (Lipinski definition) is 5. The van der Waals surface area contributed by atoms with Gasteiger partial charge in [-0.1, -0.05) is 76.2 Å². The van der Waals surface area contributed by atoms with E-state index in [0.29, 0.717) is 128 Å². The molecule has 12 bridgehead atoms. The van der Waals surface area contributed by atoms with E-state index in [-0.39, 0.29) is 110 Å². The van der Waals surface area contributed by atoms with E-state index in [1.807, 2.05) is 51.9 Å². The molecule has 107 heavy (non-hydrogen) atoms. The summed E-state index contributed by atoms with van der Waals surface area (Å²) in [5.41, 5.74) is -0.786. The molecule has 23 nitrogen and oxygen atoms in total. The van der Waals surface area contributed by atoms with Gasteiger partial charge in [0.05, 0.1) is 110 Å². The molecule has 10 heterocycles. The Kier molecular flexibility index (Phi) is 30.2. The fourth-order valence-corrected chi connectivity index (χ4v) is 21.1. The number of ketones is 1. The summed E-state index contributed by atoms with van der Waals surface area (Å²) in [6.45, 7) is 30.4. The Morgan fingerprint density at radius 1 is 0.542 bits per heavy atom. The molecule has 0 aromatic carbocycles. The van der Waals surface area contributed by atoms with Crippen LogP contribution in [0.2, 0.25) is 0 Å². The summed E-state index contributed by atoms with van der Waals surface area (Å²) in [5, 5.41) is 47.7. The third kappa shape index (κ3) is 19.9. The van der Waals surface area contributed by atoms with E-state index in [1.165, 1.54) is 44.9 Å². The second-order valence-electron chi connectivity index (χ2n) is 34.8. The number of carbonyl (C=O) groups excluding carboxylic acids is 5. The van der Waals surface area contributed by atoms with Gasteiger partial charge in [0.1, 0.15) is 11.4 Å². The first-order valence-electron chi connectivity index (χ1n) is 41.0. The van der Waals surface area contributed by atoms with Crippen molar-refractivity contribution < 1.29 is 111 Å². The summed E-state index contributed by atoms with van der Waals surface area (Å²) in [4.78, 5) is 50.8. The fraction of sp³-hybridized carbons (Fsp3) is 0.843. The van der Waals surface area contributed by atoms with Crippen molar-refractivity contribution in [3.05, 3.63) is 55.4 Å². The van der Waals surface area contributed by atoms with Gasteiger partial charge in [-0.3, -0.25) is 14.4 Å². The molecule has 17 fully saturated rings. The largest absolute Gasteiger partial charge is 0.489 e. The summed E-state index contributed by atoms with van der Waals surface area (Å²) in [6, 6.07) is 0. The minimum Gasteiger partial charge on any atom is -0.466 e. The second-order valence-corrected chi connectivity index (χ2v) is 34.8. The van der Waals surface area contributed by atoms with Gasteiger partial charge in [-0.25, -0.2) is 0 Å². The van der Waals surface area contributed by atoms with Crippen molar-refractivity contribution >= 4 is 31.0 Å². The highest BCUT2D eigenvalue weighted by molar-refractivity contribution is 6.51. The SMILES string of the molecule is C1=CCCC1.CC1CC2COC3OCC1C3C2.CCOC(=O)C1C2C=CC(C2)C1C.CCOC(=O)C1C2C=CC(C2)C1O.C[C@H]1[C@H](CO)C[C@H]2[C@@H]1CO[C@@H]2O.O=C1CC2COC3OCC1C3C2.O=C=O.OC1CC2COC3OCC1C3C2.OC1CC2COC3OCC1C3C2.[CH2+]C1(C)OB(/C=C/CC)OC1(C)C. The first-order chi connectivity index (χ1) is 51.4. The van der Waals surface area contributed by atoms with E-state index in [2.05, 4.69) is 58.9 Å². The smallest absolute Gasteiger partial charge is 0.466 e. The van der Waals surface area contributed by atoms with E-state index < -0.39 is 18.0 Å². The highest BCUT2D eigenvalue weighted by Crippen LogP contribution is 2.52. The number of Topliss-reactive ketones (excluding diaryl/α,β-unsaturated/α-hetero) is 1. The first kappa shape index (κ1) is 84.2. The molecule has 10 aliphatic heterocycles. The van der Waals surface area contributed by atoms with E-state index in [0.717, 1.165) is 108 Å². The molecular formula is C83H128BO23+. The predicted octanol–water partition coefficient (Wildman–Crippen LogP) is 9.49. The molecule has 10 saturated heterocycles. The molecule has 28 unspecified atom stereocenters. The minimum atomic E-state index is -0.575. The zero-order valence-electron chi connectivity index (χ0n) is 65.1. The number of allylic oxidation sites excluding steroid dienone is 6. The van der Waals surface area contributed by atoms with Gasteiger partial charge < -0.3 is 86.9 Å².